The number of hydrogen-bond donors (Lipinski definition) is 1. The van der Waals surface area contributed by atoms with Gasteiger partial charge in [0.15, 0.2) is 0 Å². The molecule has 0 radical (unpaired) electrons. The number of allylic oxidation sites excluding steroid dienone is 1. The van der Waals surface area contributed by atoms with Crippen molar-refractivity contribution in [3.05, 3.63) is 35.7 Å². The predicted octanol–water partition coefficient (Wildman–Crippen LogP) is 1.19. The van der Waals surface area contributed by atoms with Gasteiger partial charge in [-0.25, -0.2) is 0 Å². The molecule has 0 aliphatic carbocycles. The van der Waals surface area contributed by atoms with Gasteiger partial charge in [-0.05, 0) is 18.2 Å². The molecule has 0 bridgehead atoms. The van der Waals surface area contributed by atoms with Crippen LogP contribution in [0.15, 0.2) is 40.1 Å². The van der Waals surface area contributed by atoms with Crippen molar-refractivity contribution in [1.29, 1.82) is 0 Å². The van der Waals surface area contributed by atoms with Gasteiger partial charge in [-0.15, -0.1) is 0 Å². The van der Waals surface area contributed by atoms with E-state index < -0.39 is 10.0 Å². The Morgan fingerprint density at radius 2 is 2.00 bits per heavy atom. The highest BCUT2D eigenvalue weighted by atomic mass is 32.2. The molecule has 1 aromatic carbocycles. The molecule has 0 amide bonds. The summed E-state index contributed by atoms with van der Waals surface area (Å²) < 4.78 is 28.3. The minimum absolute atomic E-state index is 0.681. The molecule has 0 spiro atoms. The van der Waals surface area contributed by atoms with Gasteiger partial charge in [-0.2, -0.15) is 12.8 Å². The number of nitrogen functional groups attached to an aromatic ring is 1. The van der Waals surface area contributed by atoms with Crippen LogP contribution in [0.5, 0.6) is 5.75 Å². The molecule has 1 heterocycles. The lowest BCUT2D eigenvalue weighted by Crippen LogP contribution is -1.89. The van der Waals surface area contributed by atoms with Crippen LogP contribution in [0.25, 0.3) is 0 Å². The van der Waals surface area contributed by atoms with Gasteiger partial charge in [0.2, 0.25) is 0 Å². The fraction of sp³-hybridized carbons (Fsp3) is 0.100. The summed E-state index contributed by atoms with van der Waals surface area (Å²) in [5.74, 6) is 0.734. The van der Waals surface area contributed by atoms with E-state index in [1.54, 1.807) is 13.2 Å². The quantitative estimate of drug-likeness (QED) is 0.747. The number of para-hydroxylation sites is 2. The average molecular weight is 240 g/mol. The molecule has 1 aliphatic rings. The first-order valence-electron chi connectivity index (χ1n) is 4.40. The number of hydrogen-bond acceptors (Lipinski definition) is 4. The van der Waals surface area contributed by atoms with Gasteiger partial charge in [-0.1, -0.05) is 12.1 Å². The summed E-state index contributed by atoms with van der Waals surface area (Å²) in [4.78, 5) is 0. The summed E-state index contributed by atoms with van der Waals surface area (Å²) in [5, 5.41) is 1.05. The summed E-state index contributed by atoms with van der Waals surface area (Å²) in [6.07, 6.45) is 2.63. The van der Waals surface area contributed by atoms with Gasteiger partial charge in [0.05, 0.1) is 18.2 Å². The SMILES string of the molecule is COc1ccccc1N.O=S1(=O)C=CC=N1. The van der Waals surface area contributed by atoms with Crippen LogP contribution in [-0.2, 0) is 10.0 Å². The molecule has 2 rings (SSSR count). The van der Waals surface area contributed by atoms with Crippen LogP contribution >= 0.6 is 0 Å². The number of ether oxygens (including phenoxy) is 1. The van der Waals surface area contributed by atoms with Gasteiger partial charge < -0.3 is 10.5 Å². The number of benzene rings is 1. The third kappa shape index (κ3) is 3.74. The van der Waals surface area contributed by atoms with Crippen LogP contribution in [0, 0.1) is 0 Å². The Morgan fingerprint density at radius 1 is 1.31 bits per heavy atom. The Kier molecular flexibility index (Phi) is 4.07. The van der Waals surface area contributed by atoms with Crippen molar-refractivity contribution < 1.29 is 13.2 Å². The van der Waals surface area contributed by atoms with Crippen LogP contribution < -0.4 is 10.5 Å². The van der Waals surface area contributed by atoms with E-state index in [1.165, 1.54) is 12.3 Å². The van der Waals surface area contributed by atoms with Crippen molar-refractivity contribution in [2.45, 2.75) is 0 Å². The average Bonchev–Trinajstić information content (AvgIpc) is 2.65. The standard InChI is InChI=1S/C7H9NO.C3H3NO2S/c1-9-7-5-3-2-4-6(7)8;5-7(6)3-1-2-4-7/h2-5H,8H2,1H3;1-3H. The molecule has 86 valence electrons. The van der Waals surface area contributed by atoms with E-state index in [1.807, 2.05) is 18.2 Å². The van der Waals surface area contributed by atoms with Gasteiger partial charge >= 0.3 is 0 Å². The fourth-order valence-electron chi connectivity index (χ4n) is 0.956. The maximum absolute atomic E-state index is 10.1. The molecule has 0 saturated carbocycles. The molecule has 16 heavy (non-hydrogen) atoms. The smallest absolute Gasteiger partial charge is 0.275 e. The van der Waals surface area contributed by atoms with E-state index in [4.69, 9.17) is 10.5 Å². The van der Waals surface area contributed by atoms with Crippen molar-refractivity contribution in [3.63, 3.8) is 0 Å². The number of sulfonamides is 1. The normalized spacial score (nSPS) is 15.3. The largest absolute Gasteiger partial charge is 0.495 e. The second-order valence-corrected chi connectivity index (χ2v) is 4.35. The molecular weight excluding hydrogens is 228 g/mol. The topological polar surface area (TPSA) is 81.8 Å². The second-order valence-electron chi connectivity index (χ2n) is 2.84. The minimum atomic E-state index is -3.16. The third-order valence-corrected chi connectivity index (χ3v) is 2.60. The maximum Gasteiger partial charge on any atom is 0.275 e. The van der Waals surface area contributed by atoms with E-state index >= 15 is 0 Å². The number of nitrogens with two attached hydrogens (primary N) is 1. The molecule has 0 aromatic heterocycles. The first-order valence-corrected chi connectivity index (χ1v) is 5.91. The molecule has 1 aromatic rings. The number of rotatable bonds is 1. The zero-order valence-corrected chi connectivity index (χ0v) is 9.52. The minimum Gasteiger partial charge on any atom is -0.495 e. The van der Waals surface area contributed by atoms with E-state index in [9.17, 15) is 8.42 Å². The predicted molar refractivity (Wildman–Crippen MR) is 64.0 cm³/mol. The van der Waals surface area contributed by atoms with Gasteiger partial charge in [0.25, 0.3) is 10.0 Å². The van der Waals surface area contributed by atoms with Crippen LogP contribution in [0.1, 0.15) is 0 Å². The Balaban J connectivity index is 0.000000165. The summed E-state index contributed by atoms with van der Waals surface area (Å²) in [5.41, 5.74) is 6.19. The zero-order valence-electron chi connectivity index (χ0n) is 8.70. The summed E-state index contributed by atoms with van der Waals surface area (Å²) >= 11 is 0. The van der Waals surface area contributed by atoms with Crippen molar-refractivity contribution in [2.75, 3.05) is 12.8 Å². The van der Waals surface area contributed by atoms with Gasteiger partial charge in [0, 0.05) is 6.21 Å². The van der Waals surface area contributed by atoms with Gasteiger partial charge in [-0.3, -0.25) is 0 Å². The van der Waals surface area contributed by atoms with Gasteiger partial charge in [0.1, 0.15) is 5.75 Å². The molecule has 0 unspecified atom stereocenters. The zero-order chi connectivity index (χ0) is 12.0. The molecule has 2 N–H and O–H groups in total. The Morgan fingerprint density at radius 3 is 2.31 bits per heavy atom. The Bertz CT molecular complexity index is 489. The summed E-state index contributed by atoms with van der Waals surface area (Å²) in [6, 6.07) is 7.39. The molecule has 1 aliphatic heterocycles. The number of anilines is 1. The summed E-state index contributed by atoms with van der Waals surface area (Å²) in [7, 11) is -1.55. The van der Waals surface area contributed by atoms with Crippen molar-refractivity contribution in [2.24, 2.45) is 4.40 Å². The first-order chi connectivity index (χ1) is 7.55. The highest BCUT2D eigenvalue weighted by molar-refractivity contribution is 7.93. The van der Waals surface area contributed by atoms with Crippen molar-refractivity contribution >= 4 is 21.9 Å². The number of methoxy groups -OCH3 is 1. The fourth-order valence-corrected chi connectivity index (χ4v) is 1.53. The Labute approximate surface area is 94.3 Å². The van der Waals surface area contributed by atoms with Crippen LogP contribution in [0.2, 0.25) is 0 Å². The highest BCUT2D eigenvalue weighted by Crippen LogP contribution is 2.18. The van der Waals surface area contributed by atoms with E-state index in [0.717, 1.165) is 11.2 Å². The lowest BCUT2D eigenvalue weighted by molar-refractivity contribution is 0.417. The van der Waals surface area contributed by atoms with E-state index in [-0.39, 0.29) is 0 Å². The second kappa shape index (κ2) is 5.32. The maximum atomic E-state index is 10.1. The molecule has 0 fully saturated rings. The van der Waals surface area contributed by atoms with Crippen LogP contribution in [-0.4, -0.2) is 21.7 Å². The lowest BCUT2D eigenvalue weighted by atomic mass is 10.3. The first kappa shape index (κ1) is 12.3. The van der Waals surface area contributed by atoms with Crippen LogP contribution in [0.3, 0.4) is 0 Å². The van der Waals surface area contributed by atoms with Crippen molar-refractivity contribution in [3.8, 4) is 5.75 Å². The van der Waals surface area contributed by atoms with Crippen LogP contribution in [0.4, 0.5) is 5.69 Å². The number of nitrogens with zero attached hydrogens (tertiary/aromatic N) is 1. The lowest BCUT2D eigenvalue weighted by Gasteiger charge is -2.00. The summed E-state index contributed by atoms with van der Waals surface area (Å²) in [6.45, 7) is 0. The molecule has 5 nitrogen and oxygen atoms in total. The monoisotopic (exact) mass is 240 g/mol. The molecule has 0 saturated heterocycles. The molecule has 0 atom stereocenters. The Hall–Kier alpha value is -1.82. The highest BCUT2D eigenvalue weighted by Gasteiger charge is 2.01. The third-order valence-electron chi connectivity index (χ3n) is 1.68. The van der Waals surface area contributed by atoms with Crippen molar-refractivity contribution in [1.82, 2.24) is 0 Å². The molecular formula is C10H12N2O3S. The molecule has 6 heteroatoms. The van der Waals surface area contributed by atoms with E-state index in [2.05, 4.69) is 4.40 Å². The van der Waals surface area contributed by atoms with E-state index in [0.29, 0.717) is 5.69 Å².